The van der Waals surface area contributed by atoms with Crippen molar-refractivity contribution in [1.82, 2.24) is 5.32 Å². The fourth-order valence-electron chi connectivity index (χ4n) is 2.79. The van der Waals surface area contributed by atoms with Crippen molar-refractivity contribution in [3.8, 4) is 0 Å². The summed E-state index contributed by atoms with van der Waals surface area (Å²) in [6.45, 7) is 4.63. The minimum atomic E-state index is -1.16. The Balaban J connectivity index is 2.13. The molecule has 1 heterocycles. The van der Waals surface area contributed by atoms with E-state index in [-0.39, 0.29) is 19.1 Å². The van der Waals surface area contributed by atoms with Crippen molar-refractivity contribution in [2.45, 2.75) is 39.5 Å². The topological polar surface area (TPSA) is 125 Å². The summed E-state index contributed by atoms with van der Waals surface area (Å²) < 4.78 is 10.1. The summed E-state index contributed by atoms with van der Waals surface area (Å²) in [7, 11) is -1.07. The number of aliphatic hydroxyl groups is 2. The lowest BCUT2D eigenvalue weighted by atomic mass is 9.75. The predicted molar refractivity (Wildman–Crippen MR) is 93.7 cm³/mol. The van der Waals surface area contributed by atoms with Crippen LogP contribution in [0.3, 0.4) is 0 Å². The first-order valence-corrected chi connectivity index (χ1v) is 8.44. The molecular formula is C17H24BNO7. The Morgan fingerprint density at radius 2 is 2.08 bits per heavy atom. The number of amides is 1. The molecule has 1 aliphatic rings. The molecule has 142 valence electrons. The average Bonchev–Trinajstić information content (AvgIpc) is 2.98. The Hall–Kier alpha value is -1.94. The van der Waals surface area contributed by atoms with Crippen molar-refractivity contribution >= 4 is 24.5 Å². The fourth-order valence-corrected chi connectivity index (χ4v) is 2.79. The van der Waals surface area contributed by atoms with Crippen LogP contribution >= 0.6 is 0 Å². The maximum atomic E-state index is 12.7. The number of carbonyl (C=O) groups is 2. The summed E-state index contributed by atoms with van der Waals surface area (Å²) in [6.07, 6.45) is -1.16. The normalized spacial score (nSPS) is 15.6. The Morgan fingerprint density at radius 1 is 1.38 bits per heavy atom. The van der Waals surface area contributed by atoms with Gasteiger partial charge in [0.25, 0.3) is 5.91 Å². The van der Waals surface area contributed by atoms with Gasteiger partial charge >= 0.3 is 13.1 Å². The van der Waals surface area contributed by atoms with Crippen LogP contribution in [0.25, 0.3) is 0 Å². The zero-order valence-corrected chi connectivity index (χ0v) is 15.1. The number of carbonyl (C=O) groups excluding carboxylic acids is 2. The molecule has 8 nitrogen and oxygen atoms in total. The zero-order chi connectivity index (χ0) is 19.4. The number of benzene rings is 1. The summed E-state index contributed by atoms with van der Waals surface area (Å²) in [6, 6.07) is 2.43. The van der Waals surface area contributed by atoms with Gasteiger partial charge in [-0.15, -0.1) is 0 Å². The molecule has 0 radical (unpaired) electrons. The minimum Gasteiger partial charge on any atom is -0.461 e. The minimum absolute atomic E-state index is 0.249. The van der Waals surface area contributed by atoms with E-state index in [2.05, 4.69) is 5.32 Å². The summed E-state index contributed by atoms with van der Waals surface area (Å²) in [5.74, 6) is -1.41. The van der Waals surface area contributed by atoms with Crippen molar-refractivity contribution in [1.29, 1.82) is 0 Å². The van der Waals surface area contributed by atoms with E-state index in [1.165, 1.54) is 0 Å². The molecule has 2 rings (SSSR count). The molecule has 0 bridgehead atoms. The molecule has 0 spiro atoms. The van der Waals surface area contributed by atoms with Crippen LogP contribution in [-0.2, 0) is 20.8 Å². The van der Waals surface area contributed by atoms with E-state index in [0.717, 1.165) is 5.56 Å². The van der Waals surface area contributed by atoms with Gasteiger partial charge < -0.3 is 29.9 Å². The molecule has 9 heteroatoms. The fraction of sp³-hybridized carbons (Fsp3) is 0.529. The van der Waals surface area contributed by atoms with E-state index in [1.807, 2.05) is 0 Å². The monoisotopic (exact) mass is 365 g/mol. The quantitative estimate of drug-likeness (QED) is 0.356. The highest BCUT2D eigenvalue weighted by Gasteiger charge is 2.32. The first-order chi connectivity index (χ1) is 12.3. The number of hydrogen-bond acceptors (Lipinski definition) is 7. The second-order valence-electron chi connectivity index (χ2n) is 6.64. The van der Waals surface area contributed by atoms with Crippen molar-refractivity contribution < 1.29 is 34.2 Å². The van der Waals surface area contributed by atoms with Crippen LogP contribution in [0, 0.1) is 12.8 Å². The molecule has 1 amide bonds. The van der Waals surface area contributed by atoms with Crippen LogP contribution in [0.5, 0.6) is 0 Å². The number of fused-ring (bicyclic) bond motifs is 1. The van der Waals surface area contributed by atoms with E-state index >= 15 is 0 Å². The molecule has 0 fully saturated rings. The standard InChI is InChI=1S/C17H24BNO7/c1-9(2)15(17(23)25-8-12(21)6-20)19-16(22)13-5-4-11-7-26-18(24)14(11)10(13)3/h4-5,9,12,15,20-21,24H,6-8H2,1-3H3,(H,19,22)/t12-,15-/m0/s1. The van der Waals surface area contributed by atoms with E-state index in [0.29, 0.717) is 16.6 Å². The molecule has 2 atom stereocenters. The van der Waals surface area contributed by atoms with Crippen LogP contribution in [0.2, 0.25) is 0 Å². The molecular weight excluding hydrogens is 341 g/mol. The van der Waals surface area contributed by atoms with Gasteiger partial charge in [0.05, 0.1) is 13.2 Å². The SMILES string of the molecule is Cc1c(C(=O)N[C@H](C(=O)OC[C@@H](O)CO)C(C)C)ccc2c1B(O)OC2. The Morgan fingerprint density at radius 3 is 2.69 bits per heavy atom. The lowest BCUT2D eigenvalue weighted by molar-refractivity contribution is -0.150. The van der Waals surface area contributed by atoms with Gasteiger partial charge in [0.2, 0.25) is 0 Å². The van der Waals surface area contributed by atoms with E-state index in [1.54, 1.807) is 32.9 Å². The number of esters is 1. The molecule has 4 N–H and O–H groups in total. The molecule has 1 aliphatic heterocycles. The molecule has 1 aromatic carbocycles. The van der Waals surface area contributed by atoms with Gasteiger partial charge in [-0.25, -0.2) is 4.79 Å². The Bertz CT molecular complexity index is 679. The van der Waals surface area contributed by atoms with Gasteiger partial charge in [0.15, 0.2) is 0 Å². The summed E-state index contributed by atoms with van der Waals surface area (Å²) in [5.41, 5.74) is 2.33. The van der Waals surface area contributed by atoms with Crippen molar-refractivity contribution in [2.75, 3.05) is 13.2 Å². The Labute approximate surface area is 152 Å². The molecule has 0 saturated heterocycles. The Kier molecular flexibility index (Phi) is 6.77. The largest absolute Gasteiger partial charge is 0.492 e. The predicted octanol–water partition coefficient (Wildman–Crippen LogP) is -1.14. The first kappa shape index (κ1) is 20.4. The second-order valence-corrected chi connectivity index (χ2v) is 6.64. The maximum Gasteiger partial charge on any atom is 0.492 e. The van der Waals surface area contributed by atoms with E-state index < -0.39 is 37.7 Å². The lowest BCUT2D eigenvalue weighted by Crippen LogP contribution is -2.46. The lowest BCUT2D eigenvalue weighted by Gasteiger charge is -2.22. The molecule has 0 aromatic heterocycles. The third-order valence-corrected chi connectivity index (χ3v) is 4.33. The van der Waals surface area contributed by atoms with Crippen LogP contribution < -0.4 is 10.8 Å². The van der Waals surface area contributed by atoms with Crippen LogP contribution in [0.15, 0.2) is 12.1 Å². The number of hydrogen-bond donors (Lipinski definition) is 4. The highest BCUT2D eigenvalue weighted by atomic mass is 16.5. The summed E-state index contributed by atoms with van der Waals surface area (Å²) in [4.78, 5) is 24.9. The van der Waals surface area contributed by atoms with Crippen LogP contribution in [-0.4, -0.2) is 59.6 Å². The summed E-state index contributed by atoms with van der Waals surface area (Å²) in [5, 5.41) is 30.6. The maximum absolute atomic E-state index is 12.7. The third-order valence-electron chi connectivity index (χ3n) is 4.33. The number of ether oxygens (including phenoxy) is 1. The first-order valence-electron chi connectivity index (χ1n) is 8.44. The number of nitrogens with one attached hydrogen (secondary N) is 1. The summed E-state index contributed by atoms with van der Waals surface area (Å²) >= 11 is 0. The molecule has 1 aromatic rings. The smallest absolute Gasteiger partial charge is 0.461 e. The highest BCUT2D eigenvalue weighted by Crippen LogP contribution is 2.17. The molecule has 0 unspecified atom stereocenters. The van der Waals surface area contributed by atoms with Crippen LogP contribution in [0.1, 0.15) is 35.3 Å². The van der Waals surface area contributed by atoms with E-state index in [4.69, 9.17) is 14.5 Å². The van der Waals surface area contributed by atoms with Crippen molar-refractivity contribution in [3.63, 3.8) is 0 Å². The molecule has 26 heavy (non-hydrogen) atoms. The van der Waals surface area contributed by atoms with Gasteiger partial charge in [-0.1, -0.05) is 19.9 Å². The van der Waals surface area contributed by atoms with Gasteiger partial charge in [0, 0.05) is 5.56 Å². The van der Waals surface area contributed by atoms with Crippen molar-refractivity contribution in [2.24, 2.45) is 5.92 Å². The number of rotatable bonds is 7. The zero-order valence-electron chi connectivity index (χ0n) is 15.1. The number of aliphatic hydroxyl groups excluding tert-OH is 2. The highest BCUT2D eigenvalue weighted by molar-refractivity contribution is 6.62. The van der Waals surface area contributed by atoms with Gasteiger partial charge in [-0.2, -0.15) is 0 Å². The van der Waals surface area contributed by atoms with Gasteiger partial charge in [-0.05, 0) is 35.5 Å². The van der Waals surface area contributed by atoms with E-state index in [9.17, 15) is 19.7 Å². The molecule has 0 aliphatic carbocycles. The van der Waals surface area contributed by atoms with Crippen molar-refractivity contribution in [3.05, 3.63) is 28.8 Å². The molecule has 0 saturated carbocycles. The second kappa shape index (κ2) is 8.63. The van der Waals surface area contributed by atoms with Gasteiger partial charge in [0.1, 0.15) is 18.8 Å². The van der Waals surface area contributed by atoms with Crippen LogP contribution in [0.4, 0.5) is 0 Å². The third kappa shape index (κ3) is 4.42. The average molecular weight is 365 g/mol. The van der Waals surface area contributed by atoms with Gasteiger partial charge in [-0.3, -0.25) is 4.79 Å².